The molecule has 3 heterocycles. The van der Waals surface area contributed by atoms with E-state index in [1.807, 2.05) is 4.90 Å². The van der Waals surface area contributed by atoms with Crippen molar-refractivity contribution < 1.29 is 9.59 Å². The molecule has 2 fully saturated rings. The van der Waals surface area contributed by atoms with Crippen molar-refractivity contribution in [3.05, 3.63) is 27.4 Å². The van der Waals surface area contributed by atoms with E-state index >= 15 is 0 Å². The zero-order valence-electron chi connectivity index (χ0n) is 17.8. The van der Waals surface area contributed by atoms with Crippen molar-refractivity contribution in [2.45, 2.75) is 76.5 Å². The Morgan fingerprint density at radius 3 is 2.45 bits per heavy atom. The summed E-state index contributed by atoms with van der Waals surface area (Å²) in [6.45, 7) is 8.40. The fourth-order valence-electron chi connectivity index (χ4n) is 4.97. The van der Waals surface area contributed by atoms with Crippen LogP contribution in [-0.4, -0.2) is 57.8 Å². The molecule has 2 aliphatic heterocycles. The van der Waals surface area contributed by atoms with Crippen molar-refractivity contribution in [1.82, 2.24) is 19.8 Å². The molecule has 4 rings (SSSR count). The van der Waals surface area contributed by atoms with Gasteiger partial charge in [-0.05, 0) is 38.5 Å². The van der Waals surface area contributed by atoms with E-state index in [1.54, 1.807) is 4.90 Å². The molecule has 158 valence electrons. The number of nitrogens with one attached hydrogen (secondary N) is 1. The number of carbonyl (C=O) groups is 2. The number of hydrogen-bond acceptors (Lipinski definition) is 4. The van der Waals surface area contributed by atoms with Crippen LogP contribution in [0.3, 0.4) is 0 Å². The first-order valence-corrected chi connectivity index (χ1v) is 10.9. The fraction of sp³-hybridized carbons (Fsp3) is 0.727. The van der Waals surface area contributed by atoms with Gasteiger partial charge in [0.1, 0.15) is 5.82 Å². The molecule has 1 aromatic rings. The van der Waals surface area contributed by atoms with Gasteiger partial charge in [0, 0.05) is 42.4 Å². The molecule has 0 aromatic carbocycles. The van der Waals surface area contributed by atoms with Crippen LogP contribution in [0.1, 0.15) is 76.4 Å². The number of H-pyrrole nitrogens is 1. The lowest BCUT2D eigenvalue weighted by Gasteiger charge is -2.40. The third kappa shape index (κ3) is 3.71. The summed E-state index contributed by atoms with van der Waals surface area (Å²) in [6.07, 6.45) is 5.83. The summed E-state index contributed by atoms with van der Waals surface area (Å²) in [7, 11) is 0. The third-order valence-electron chi connectivity index (χ3n) is 6.90. The third-order valence-corrected chi connectivity index (χ3v) is 6.90. The fourth-order valence-corrected chi connectivity index (χ4v) is 4.97. The van der Waals surface area contributed by atoms with Gasteiger partial charge in [-0.1, -0.05) is 20.8 Å². The highest BCUT2D eigenvalue weighted by atomic mass is 16.2. The van der Waals surface area contributed by atoms with Crippen molar-refractivity contribution in [3.63, 3.8) is 0 Å². The van der Waals surface area contributed by atoms with Gasteiger partial charge in [0.15, 0.2) is 0 Å². The number of piperidine rings is 2. The maximum absolute atomic E-state index is 12.8. The summed E-state index contributed by atoms with van der Waals surface area (Å²) in [5.41, 5.74) is 1.48. The number of aromatic amines is 1. The van der Waals surface area contributed by atoms with Crippen molar-refractivity contribution >= 4 is 11.8 Å². The van der Waals surface area contributed by atoms with E-state index in [9.17, 15) is 14.4 Å². The molecule has 0 bridgehead atoms. The quantitative estimate of drug-likeness (QED) is 0.821. The highest BCUT2D eigenvalue weighted by Crippen LogP contribution is 2.44. The van der Waals surface area contributed by atoms with Crippen LogP contribution in [-0.2, 0) is 26.8 Å². The van der Waals surface area contributed by atoms with Gasteiger partial charge in [0.05, 0.1) is 12.2 Å². The molecule has 7 heteroatoms. The van der Waals surface area contributed by atoms with Crippen molar-refractivity contribution in [1.29, 1.82) is 0 Å². The SMILES string of the molecule is CC(C)(C)c1nc2c(c(=O)[nH]1)CCC21CCN(C(=O)CN2CCCCC2=O)CC1. The van der Waals surface area contributed by atoms with Crippen molar-refractivity contribution in [3.8, 4) is 0 Å². The Hall–Kier alpha value is -2.18. The summed E-state index contributed by atoms with van der Waals surface area (Å²) in [5.74, 6) is 0.883. The lowest BCUT2D eigenvalue weighted by atomic mass is 9.76. The summed E-state index contributed by atoms with van der Waals surface area (Å²) < 4.78 is 0. The summed E-state index contributed by atoms with van der Waals surface area (Å²) in [5, 5.41) is 0. The van der Waals surface area contributed by atoms with E-state index < -0.39 is 0 Å². The number of likely N-dealkylation sites (tertiary alicyclic amines) is 2. The smallest absolute Gasteiger partial charge is 0.254 e. The number of carbonyl (C=O) groups excluding carboxylic acids is 2. The van der Waals surface area contributed by atoms with Gasteiger partial charge in [0.25, 0.3) is 5.56 Å². The second-order valence-electron chi connectivity index (χ2n) is 9.93. The molecule has 2 amide bonds. The highest BCUT2D eigenvalue weighted by Gasteiger charge is 2.45. The van der Waals surface area contributed by atoms with E-state index in [2.05, 4.69) is 25.8 Å². The number of fused-ring (bicyclic) bond motifs is 2. The van der Waals surface area contributed by atoms with Gasteiger partial charge in [-0.15, -0.1) is 0 Å². The average molecular weight is 401 g/mol. The van der Waals surface area contributed by atoms with E-state index in [0.717, 1.165) is 55.6 Å². The van der Waals surface area contributed by atoms with E-state index in [4.69, 9.17) is 4.98 Å². The normalized spacial score (nSPS) is 21.6. The second kappa shape index (κ2) is 7.26. The molecular weight excluding hydrogens is 368 g/mol. The standard InChI is InChI=1S/C22H32N4O3/c1-21(2,3)20-23-18-15(19(29)24-20)7-8-22(18)9-12-25(13-10-22)17(28)14-26-11-5-4-6-16(26)27/h4-14H2,1-3H3,(H,23,24,29). The lowest BCUT2D eigenvalue weighted by Crippen LogP contribution is -2.49. The Morgan fingerprint density at radius 2 is 1.79 bits per heavy atom. The molecule has 0 radical (unpaired) electrons. The maximum atomic E-state index is 12.8. The predicted molar refractivity (Wildman–Crippen MR) is 110 cm³/mol. The van der Waals surface area contributed by atoms with Crippen LogP contribution in [0, 0.1) is 0 Å². The summed E-state index contributed by atoms with van der Waals surface area (Å²) in [4.78, 5) is 48.9. The molecule has 1 spiro atoms. The molecule has 29 heavy (non-hydrogen) atoms. The zero-order chi connectivity index (χ0) is 20.8. The largest absolute Gasteiger partial charge is 0.341 e. The molecule has 0 saturated carbocycles. The van der Waals surface area contributed by atoms with Gasteiger partial charge in [-0.25, -0.2) is 4.98 Å². The van der Waals surface area contributed by atoms with Gasteiger partial charge in [0.2, 0.25) is 11.8 Å². The topological polar surface area (TPSA) is 86.4 Å². The van der Waals surface area contributed by atoms with E-state index in [-0.39, 0.29) is 34.7 Å². The monoisotopic (exact) mass is 400 g/mol. The average Bonchev–Trinajstić information content (AvgIpc) is 3.02. The second-order valence-corrected chi connectivity index (χ2v) is 9.93. The van der Waals surface area contributed by atoms with Crippen molar-refractivity contribution in [2.75, 3.05) is 26.2 Å². The number of nitrogens with zero attached hydrogens (tertiary/aromatic N) is 3. The Bertz CT molecular complexity index is 875. The van der Waals surface area contributed by atoms with Gasteiger partial charge >= 0.3 is 0 Å². The van der Waals surface area contributed by atoms with Crippen LogP contribution in [0.15, 0.2) is 4.79 Å². The van der Waals surface area contributed by atoms with E-state index in [1.165, 1.54) is 0 Å². The Kier molecular flexibility index (Phi) is 5.03. The Labute approximate surface area is 171 Å². The number of hydrogen-bond donors (Lipinski definition) is 1. The molecule has 1 aliphatic carbocycles. The van der Waals surface area contributed by atoms with Crippen LogP contribution in [0.5, 0.6) is 0 Å². The first kappa shape index (κ1) is 20.1. The molecule has 7 nitrogen and oxygen atoms in total. The first-order valence-electron chi connectivity index (χ1n) is 10.9. The molecule has 2 saturated heterocycles. The van der Waals surface area contributed by atoms with Crippen molar-refractivity contribution in [2.24, 2.45) is 0 Å². The van der Waals surface area contributed by atoms with Gasteiger partial charge in [-0.2, -0.15) is 0 Å². The Balaban J connectivity index is 1.48. The van der Waals surface area contributed by atoms with Crippen LogP contribution in [0.2, 0.25) is 0 Å². The molecule has 0 unspecified atom stereocenters. The van der Waals surface area contributed by atoms with Crippen LogP contribution in [0.25, 0.3) is 0 Å². The minimum Gasteiger partial charge on any atom is -0.341 e. The minimum absolute atomic E-state index is 0.00100. The predicted octanol–water partition coefficient (Wildman–Crippen LogP) is 1.89. The molecular formula is C22H32N4O3. The number of amides is 2. The molecule has 1 N–H and O–H groups in total. The number of aromatic nitrogens is 2. The highest BCUT2D eigenvalue weighted by molar-refractivity contribution is 5.85. The number of rotatable bonds is 2. The van der Waals surface area contributed by atoms with Crippen LogP contribution >= 0.6 is 0 Å². The summed E-state index contributed by atoms with van der Waals surface area (Å²) >= 11 is 0. The Morgan fingerprint density at radius 1 is 1.07 bits per heavy atom. The van der Waals surface area contributed by atoms with Crippen LogP contribution < -0.4 is 5.56 Å². The lowest BCUT2D eigenvalue weighted by molar-refractivity contribution is -0.142. The molecule has 3 aliphatic rings. The van der Waals surface area contributed by atoms with Crippen LogP contribution in [0.4, 0.5) is 0 Å². The molecule has 0 atom stereocenters. The molecule has 1 aromatic heterocycles. The summed E-state index contributed by atoms with van der Waals surface area (Å²) in [6, 6.07) is 0. The van der Waals surface area contributed by atoms with Gasteiger partial charge < -0.3 is 14.8 Å². The first-order chi connectivity index (χ1) is 13.7. The minimum atomic E-state index is -0.213. The maximum Gasteiger partial charge on any atom is 0.254 e. The van der Waals surface area contributed by atoms with E-state index in [0.29, 0.717) is 26.1 Å². The van der Waals surface area contributed by atoms with Gasteiger partial charge in [-0.3, -0.25) is 14.4 Å². The zero-order valence-corrected chi connectivity index (χ0v) is 17.8.